The van der Waals surface area contributed by atoms with Crippen LogP contribution in [0.5, 0.6) is 0 Å². The van der Waals surface area contributed by atoms with Crippen LogP contribution >= 0.6 is 11.6 Å². The van der Waals surface area contributed by atoms with Crippen molar-refractivity contribution < 1.29 is 4.98 Å². The lowest BCUT2D eigenvalue weighted by molar-refractivity contribution is -0.358. The number of aromatic nitrogens is 1. The molecule has 0 amide bonds. The molecule has 0 unspecified atom stereocenters. The molecule has 1 aromatic heterocycles. The second-order valence-corrected chi connectivity index (χ2v) is 3.00. The molecule has 2 rings (SSSR count). The van der Waals surface area contributed by atoms with Gasteiger partial charge in [-0.25, -0.2) is 4.98 Å². The van der Waals surface area contributed by atoms with Crippen LogP contribution in [0.25, 0.3) is 10.8 Å². The Morgan fingerprint density at radius 2 is 1.83 bits per heavy atom. The first-order valence-corrected chi connectivity index (χ1v) is 4.01. The first-order valence-electron chi connectivity index (χ1n) is 3.63. The molecule has 3 heteroatoms. The molecule has 0 aliphatic rings. The minimum Gasteiger partial charge on any atom is -0.287 e. The van der Waals surface area contributed by atoms with Crippen molar-refractivity contribution in [2.75, 3.05) is 5.73 Å². The molecule has 0 saturated heterocycles. The summed E-state index contributed by atoms with van der Waals surface area (Å²) in [5, 5.41) is 2.64. The summed E-state index contributed by atoms with van der Waals surface area (Å²) >= 11 is 5.94. The maximum atomic E-state index is 5.94. The number of fused-ring (bicyclic) bond motifs is 1. The quantitative estimate of drug-likeness (QED) is 0.659. The Balaban J connectivity index is 2.95. The number of nitrogens with two attached hydrogens (primary N) is 1. The lowest BCUT2D eigenvalue weighted by Crippen LogP contribution is -2.09. The van der Waals surface area contributed by atoms with Crippen molar-refractivity contribution in [3.63, 3.8) is 0 Å². The van der Waals surface area contributed by atoms with Crippen LogP contribution < -0.4 is 10.7 Å². The number of benzene rings is 1. The maximum Gasteiger partial charge on any atom is 0.278 e. The van der Waals surface area contributed by atoms with E-state index in [2.05, 4.69) is 4.98 Å². The Morgan fingerprint density at radius 1 is 1.17 bits per heavy atom. The zero-order valence-electron chi connectivity index (χ0n) is 6.34. The summed E-state index contributed by atoms with van der Waals surface area (Å²) in [5.41, 5.74) is 5.71. The SMILES string of the molecule is Nc1[nH+]cc(Cl)c2ccccc12. The van der Waals surface area contributed by atoms with Gasteiger partial charge in [0.2, 0.25) is 0 Å². The Kier molecular flexibility index (Phi) is 1.62. The van der Waals surface area contributed by atoms with Crippen molar-refractivity contribution in [1.82, 2.24) is 0 Å². The van der Waals surface area contributed by atoms with Gasteiger partial charge in [0.15, 0.2) is 0 Å². The number of nitrogen functional groups attached to an aromatic ring is 1. The Bertz CT molecular complexity index is 385. The summed E-state index contributed by atoms with van der Waals surface area (Å²) < 4.78 is 0. The maximum absolute atomic E-state index is 5.94. The van der Waals surface area contributed by atoms with Crippen molar-refractivity contribution in [2.24, 2.45) is 0 Å². The lowest BCUT2D eigenvalue weighted by atomic mass is 10.2. The van der Waals surface area contributed by atoms with Gasteiger partial charge in [-0.2, -0.15) is 0 Å². The third-order valence-corrected chi connectivity index (χ3v) is 2.14. The molecule has 0 saturated carbocycles. The molecule has 12 heavy (non-hydrogen) atoms. The van der Waals surface area contributed by atoms with Crippen LogP contribution in [0.3, 0.4) is 0 Å². The van der Waals surface area contributed by atoms with E-state index < -0.39 is 0 Å². The van der Waals surface area contributed by atoms with Gasteiger partial charge in [0.05, 0.1) is 10.4 Å². The number of halogens is 1. The fraction of sp³-hybridized carbons (Fsp3) is 0. The number of rotatable bonds is 0. The number of hydrogen-bond acceptors (Lipinski definition) is 1. The van der Waals surface area contributed by atoms with E-state index >= 15 is 0 Å². The molecule has 0 spiro atoms. The van der Waals surface area contributed by atoms with Gasteiger partial charge in [0.1, 0.15) is 6.20 Å². The summed E-state index contributed by atoms with van der Waals surface area (Å²) in [7, 11) is 0. The van der Waals surface area contributed by atoms with Crippen molar-refractivity contribution in [2.45, 2.75) is 0 Å². The highest BCUT2D eigenvalue weighted by molar-refractivity contribution is 6.35. The van der Waals surface area contributed by atoms with Crippen LogP contribution in [-0.4, -0.2) is 0 Å². The minimum atomic E-state index is 0.648. The smallest absolute Gasteiger partial charge is 0.278 e. The van der Waals surface area contributed by atoms with Gasteiger partial charge in [-0.15, -0.1) is 0 Å². The third kappa shape index (κ3) is 1.01. The number of pyridine rings is 1. The van der Waals surface area contributed by atoms with Crippen molar-refractivity contribution in [3.8, 4) is 0 Å². The number of aromatic amines is 1. The highest BCUT2D eigenvalue weighted by Crippen LogP contribution is 2.23. The van der Waals surface area contributed by atoms with E-state index in [1.165, 1.54) is 0 Å². The van der Waals surface area contributed by atoms with Crippen LogP contribution in [0.4, 0.5) is 5.82 Å². The van der Waals surface area contributed by atoms with Crippen LogP contribution in [-0.2, 0) is 0 Å². The van der Waals surface area contributed by atoms with Gasteiger partial charge >= 0.3 is 0 Å². The van der Waals surface area contributed by atoms with E-state index in [-0.39, 0.29) is 0 Å². The predicted octanol–water partition coefficient (Wildman–Crippen LogP) is 1.89. The molecule has 0 bridgehead atoms. The molecule has 0 fully saturated rings. The van der Waals surface area contributed by atoms with Gasteiger partial charge in [0, 0.05) is 5.39 Å². The van der Waals surface area contributed by atoms with Gasteiger partial charge < -0.3 is 0 Å². The van der Waals surface area contributed by atoms with Crippen LogP contribution in [0.15, 0.2) is 30.5 Å². The van der Waals surface area contributed by atoms with Crippen molar-refractivity contribution in [1.29, 1.82) is 0 Å². The normalized spacial score (nSPS) is 10.4. The first-order chi connectivity index (χ1) is 5.79. The highest BCUT2D eigenvalue weighted by atomic mass is 35.5. The number of hydrogen-bond donors (Lipinski definition) is 1. The van der Waals surface area contributed by atoms with Crippen LogP contribution in [0.1, 0.15) is 0 Å². The number of anilines is 1. The molecular weight excluding hydrogens is 172 g/mol. The fourth-order valence-electron chi connectivity index (χ4n) is 1.22. The first kappa shape index (κ1) is 7.37. The molecule has 3 N–H and O–H groups in total. The monoisotopic (exact) mass is 179 g/mol. The molecule has 0 atom stereocenters. The van der Waals surface area contributed by atoms with E-state index in [1.807, 2.05) is 24.3 Å². The van der Waals surface area contributed by atoms with E-state index in [4.69, 9.17) is 17.3 Å². The fourth-order valence-corrected chi connectivity index (χ4v) is 1.44. The summed E-state index contributed by atoms with van der Waals surface area (Å²) in [6.07, 6.45) is 1.69. The second kappa shape index (κ2) is 2.64. The van der Waals surface area contributed by atoms with Gasteiger partial charge in [-0.3, -0.25) is 5.73 Å². The van der Waals surface area contributed by atoms with Crippen molar-refractivity contribution in [3.05, 3.63) is 35.5 Å². The van der Waals surface area contributed by atoms with Crippen LogP contribution in [0, 0.1) is 0 Å². The van der Waals surface area contributed by atoms with E-state index in [0.717, 1.165) is 10.8 Å². The molecule has 0 radical (unpaired) electrons. The summed E-state index contributed by atoms with van der Waals surface area (Å²) in [5.74, 6) is 0.648. The third-order valence-electron chi connectivity index (χ3n) is 1.83. The number of H-pyrrole nitrogens is 1. The molecule has 1 aromatic carbocycles. The van der Waals surface area contributed by atoms with Crippen molar-refractivity contribution >= 4 is 28.2 Å². The zero-order valence-corrected chi connectivity index (χ0v) is 7.10. The largest absolute Gasteiger partial charge is 0.287 e. The molecule has 0 aliphatic heterocycles. The molecule has 0 aliphatic carbocycles. The number of nitrogens with one attached hydrogen (secondary N) is 1. The van der Waals surface area contributed by atoms with Gasteiger partial charge in [-0.05, 0) is 6.07 Å². The molecule has 60 valence electrons. The molecular formula is C9H8ClN2+. The average molecular weight is 180 g/mol. The zero-order chi connectivity index (χ0) is 8.55. The predicted molar refractivity (Wildman–Crippen MR) is 49.9 cm³/mol. The second-order valence-electron chi connectivity index (χ2n) is 2.60. The Morgan fingerprint density at radius 3 is 2.50 bits per heavy atom. The topological polar surface area (TPSA) is 40.2 Å². The average Bonchev–Trinajstić information content (AvgIpc) is 2.12. The standard InChI is InChI=1S/C9H7ClN2/c10-8-5-12-9(11)7-4-2-1-3-6(7)8/h1-5H,(H2,11,12)/p+1. The molecule has 2 nitrogen and oxygen atoms in total. The van der Waals surface area contributed by atoms with E-state index in [9.17, 15) is 0 Å². The van der Waals surface area contributed by atoms with E-state index in [1.54, 1.807) is 6.20 Å². The van der Waals surface area contributed by atoms with Gasteiger partial charge in [0.25, 0.3) is 5.82 Å². The summed E-state index contributed by atoms with van der Waals surface area (Å²) in [6.45, 7) is 0. The molecule has 2 aromatic rings. The van der Waals surface area contributed by atoms with Gasteiger partial charge in [-0.1, -0.05) is 29.8 Å². The highest BCUT2D eigenvalue weighted by Gasteiger charge is 2.05. The summed E-state index contributed by atoms with van der Waals surface area (Å²) in [6, 6.07) is 7.76. The van der Waals surface area contributed by atoms with Crippen LogP contribution in [0.2, 0.25) is 5.02 Å². The molecule has 1 heterocycles. The minimum absolute atomic E-state index is 0.648. The Labute approximate surface area is 75.0 Å². The summed E-state index contributed by atoms with van der Waals surface area (Å²) in [4.78, 5) is 2.89. The Hall–Kier alpha value is -1.28. The lowest BCUT2D eigenvalue weighted by Gasteiger charge is -1.97. The van der Waals surface area contributed by atoms with E-state index in [0.29, 0.717) is 10.8 Å².